The van der Waals surface area contributed by atoms with Gasteiger partial charge in [0, 0.05) is 6.54 Å². The van der Waals surface area contributed by atoms with E-state index >= 15 is 0 Å². The van der Waals surface area contributed by atoms with E-state index in [2.05, 4.69) is 19.2 Å². The van der Waals surface area contributed by atoms with E-state index in [0.717, 1.165) is 0 Å². The minimum absolute atomic E-state index is 0.142. The molecule has 0 aromatic carbocycles. The second kappa shape index (κ2) is 5.21. The molecule has 0 aliphatic rings. The van der Waals surface area contributed by atoms with Crippen molar-refractivity contribution in [3.63, 3.8) is 0 Å². The van der Waals surface area contributed by atoms with Gasteiger partial charge in [-0.25, -0.2) is 4.79 Å². The van der Waals surface area contributed by atoms with E-state index in [1.165, 1.54) is 0 Å². The maximum Gasteiger partial charge on any atom is 0.343 e. The molecule has 0 atom stereocenters. The predicted octanol–water partition coefficient (Wildman–Crippen LogP) is 0.535. The van der Waals surface area contributed by atoms with Gasteiger partial charge in [-0.3, -0.25) is 0 Å². The Morgan fingerprint density at radius 3 is 2.55 bits per heavy atom. The van der Waals surface area contributed by atoms with Gasteiger partial charge in [0.15, 0.2) is 0 Å². The van der Waals surface area contributed by atoms with Crippen LogP contribution in [0, 0.1) is 0 Å². The van der Waals surface area contributed by atoms with Crippen LogP contribution in [0.25, 0.3) is 0 Å². The van der Waals surface area contributed by atoms with Gasteiger partial charge >= 0.3 is 5.97 Å². The molecule has 0 fully saturated rings. The lowest BCUT2D eigenvalue weighted by Gasteiger charge is -2.09. The monoisotopic (exact) mass is 175 g/mol. The van der Waals surface area contributed by atoms with Gasteiger partial charge in [0.2, 0.25) is 0 Å². The van der Waals surface area contributed by atoms with Crippen molar-refractivity contribution in [3.05, 3.63) is 11.5 Å². The Balaban J connectivity index is 3.40. The Hall–Kier alpha value is -0.480. The minimum Gasteiger partial charge on any atom is -0.460 e. The number of likely N-dealkylation sites (N-methyl/N-ethyl adjacent to an activating group) is 1. The Kier molecular flexibility index (Phi) is 4.98. The van der Waals surface area contributed by atoms with E-state index in [1.807, 2.05) is 19.0 Å². The molecule has 0 saturated carbocycles. The second-order valence-corrected chi connectivity index (χ2v) is 2.93. The quantitative estimate of drug-likeness (QED) is 0.384. The van der Waals surface area contributed by atoms with Crippen molar-refractivity contribution < 1.29 is 9.53 Å². The highest BCUT2D eigenvalue weighted by Gasteiger charge is 2.02. The third kappa shape index (κ3) is 5.94. The Bertz CT molecular complexity index is 157. The van der Waals surface area contributed by atoms with E-state index in [4.69, 9.17) is 4.74 Å². The van der Waals surface area contributed by atoms with Gasteiger partial charge < -0.3 is 9.64 Å². The lowest BCUT2D eigenvalue weighted by Crippen LogP contribution is -2.20. The molecule has 0 aromatic heterocycles. The molecule has 0 spiro atoms. The number of hydrogen-bond acceptors (Lipinski definition) is 4. The standard InChI is InChI=1S/C7H13NO2S/c1-6(11)7(9)10-5-4-8(2)3/h11H,1,4-5H2,2-3H3. The maximum atomic E-state index is 10.7. The first-order valence-corrected chi connectivity index (χ1v) is 3.68. The van der Waals surface area contributed by atoms with Gasteiger partial charge in [-0.2, -0.15) is 0 Å². The summed E-state index contributed by atoms with van der Waals surface area (Å²) in [5.41, 5.74) is 0. The van der Waals surface area contributed by atoms with Crippen molar-refractivity contribution in [3.8, 4) is 0 Å². The molecule has 0 saturated heterocycles. The molecule has 3 nitrogen and oxygen atoms in total. The van der Waals surface area contributed by atoms with Gasteiger partial charge in [-0.05, 0) is 14.1 Å². The number of thiol groups is 1. The maximum absolute atomic E-state index is 10.7. The third-order valence-corrected chi connectivity index (χ3v) is 1.19. The minimum atomic E-state index is -0.449. The van der Waals surface area contributed by atoms with E-state index in [9.17, 15) is 4.79 Å². The van der Waals surface area contributed by atoms with E-state index in [-0.39, 0.29) is 4.91 Å². The fourth-order valence-corrected chi connectivity index (χ4v) is 0.469. The first kappa shape index (κ1) is 10.5. The van der Waals surface area contributed by atoms with Crippen molar-refractivity contribution in [2.75, 3.05) is 27.2 Å². The smallest absolute Gasteiger partial charge is 0.343 e. The largest absolute Gasteiger partial charge is 0.460 e. The average Bonchev–Trinajstić information content (AvgIpc) is 1.86. The normalized spacial score (nSPS) is 9.82. The zero-order chi connectivity index (χ0) is 8.85. The number of carbonyl (C=O) groups is 1. The number of nitrogens with zero attached hydrogens (tertiary/aromatic N) is 1. The molecule has 0 bridgehead atoms. The fourth-order valence-electron chi connectivity index (χ4n) is 0.404. The number of rotatable bonds is 4. The highest BCUT2D eigenvalue weighted by molar-refractivity contribution is 7.85. The van der Waals surface area contributed by atoms with Crippen LogP contribution < -0.4 is 0 Å². The molecule has 0 amide bonds. The summed E-state index contributed by atoms with van der Waals surface area (Å²) in [7, 11) is 3.81. The topological polar surface area (TPSA) is 29.5 Å². The van der Waals surface area contributed by atoms with E-state index in [1.54, 1.807) is 0 Å². The summed E-state index contributed by atoms with van der Waals surface area (Å²) < 4.78 is 4.76. The van der Waals surface area contributed by atoms with E-state index < -0.39 is 5.97 Å². The molecular formula is C7H13NO2S. The molecule has 0 aliphatic carbocycles. The van der Waals surface area contributed by atoms with Crippen LogP contribution in [0.4, 0.5) is 0 Å². The number of ether oxygens (including phenoxy) is 1. The molecule has 4 heteroatoms. The summed E-state index contributed by atoms with van der Waals surface area (Å²) in [6, 6.07) is 0. The molecule has 0 unspecified atom stereocenters. The lowest BCUT2D eigenvalue weighted by atomic mass is 10.6. The fraction of sp³-hybridized carbons (Fsp3) is 0.571. The van der Waals surface area contributed by atoms with Crippen LogP contribution in [0.2, 0.25) is 0 Å². The summed E-state index contributed by atoms with van der Waals surface area (Å²) in [4.78, 5) is 12.8. The van der Waals surface area contributed by atoms with Gasteiger partial charge in [-0.1, -0.05) is 6.58 Å². The molecule has 0 radical (unpaired) electrons. The molecule has 0 aromatic rings. The van der Waals surface area contributed by atoms with Gasteiger partial charge in [0.1, 0.15) is 6.61 Å². The Morgan fingerprint density at radius 1 is 1.64 bits per heavy atom. The summed E-state index contributed by atoms with van der Waals surface area (Å²) in [5, 5.41) is 0. The van der Waals surface area contributed by atoms with Gasteiger partial charge in [-0.15, -0.1) is 12.6 Å². The van der Waals surface area contributed by atoms with Crippen LogP contribution in [0.5, 0.6) is 0 Å². The first-order chi connectivity index (χ1) is 5.04. The number of hydrogen-bond donors (Lipinski definition) is 1. The van der Waals surface area contributed by atoms with Crippen molar-refractivity contribution in [1.82, 2.24) is 4.90 Å². The van der Waals surface area contributed by atoms with Crippen molar-refractivity contribution in [2.24, 2.45) is 0 Å². The summed E-state index contributed by atoms with van der Waals surface area (Å²) in [6.45, 7) is 4.42. The highest BCUT2D eigenvalue weighted by Crippen LogP contribution is 1.97. The highest BCUT2D eigenvalue weighted by atomic mass is 32.1. The molecule has 64 valence electrons. The molecular weight excluding hydrogens is 162 g/mol. The van der Waals surface area contributed by atoms with Gasteiger partial charge in [0.25, 0.3) is 0 Å². The molecule has 0 heterocycles. The van der Waals surface area contributed by atoms with Gasteiger partial charge in [0.05, 0.1) is 4.91 Å². The van der Waals surface area contributed by atoms with Crippen molar-refractivity contribution in [1.29, 1.82) is 0 Å². The zero-order valence-electron chi connectivity index (χ0n) is 6.83. The molecule has 0 aliphatic heterocycles. The van der Waals surface area contributed by atoms with Crippen molar-refractivity contribution in [2.45, 2.75) is 0 Å². The summed E-state index contributed by atoms with van der Waals surface area (Å²) >= 11 is 3.74. The predicted molar refractivity (Wildman–Crippen MR) is 47.6 cm³/mol. The van der Waals surface area contributed by atoms with Crippen LogP contribution in [0.3, 0.4) is 0 Å². The van der Waals surface area contributed by atoms with Crippen LogP contribution in [-0.4, -0.2) is 38.1 Å². The average molecular weight is 175 g/mol. The number of esters is 1. The van der Waals surface area contributed by atoms with Crippen LogP contribution in [0.1, 0.15) is 0 Å². The Morgan fingerprint density at radius 2 is 2.18 bits per heavy atom. The van der Waals surface area contributed by atoms with Crippen LogP contribution in [0.15, 0.2) is 11.5 Å². The summed E-state index contributed by atoms with van der Waals surface area (Å²) in [6.07, 6.45) is 0. The van der Waals surface area contributed by atoms with Crippen LogP contribution in [-0.2, 0) is 9.53 Å². The molecule has 0 rings (SSSR count). The lowest BCUT2D eigenvalue weighted by molar-refractivity contribution is -0.138. The molecule has 11 heavy (non-hydrogen) atoms. The summed E-state index contributed by atoms with van der Waals surface area (Å²) in [5.74, 6) is -0.449. The Labute approximate surface area is 72.4 Å². The second-order valence-electron chi connectivity index (χ2n) is 2.39. The third-order valence-electron chi connectivity index (χ3n) is 1.01. The van der Waals surface area contributed by atoms with Crippen LogP contribution >= 0.6 is 12.6 Å². The molecule has 0 N–H and O–H groups in total. The van der Waals surface area contributed by atoms with Crippen molar-refractivity contribution >= 4 is 18.6 Å². The SMILES string of the molecule is C=C(S)C(=O)OCCN(C)C. The first-order valence-electron chi connectivity index (χ1n) is 3.23. The number of carbonyl (C=O) groups excluding carboxylic acids is 1. The van der Waals surface area contributed by atoms with E-state index in [0.29, 0.717) is 13.2 Å². The zero-order valence-corrected chi connectivity index (χ0v) is 7.73.